The van der Waals surface area contributed by atoms with Gasteiger partial charge in [-0.1, -0.05) is 23.7 Å². The van der Waals surface area contributed by atoms with Crippen molar-refractivity contribution in [2.45, 2.75) is 94.3 Å². The summed E-state index contributed by atoms with van der Waals surface area (Å²) in [5.74, 6) is 4.69. The molecular weight excluding hydrogens is 1480 g/mol. The Balaban J connectivity index is 0.000000304. The number of aromatic nitrogens is 12. The molecule has 10 N–H and O–H groups in total. The van der Waals surface area contributed by atoms with Crippen molar-refractivity contribution in [1.82, 2.24) is 60.4 Å². The van der Waals surface area contributed by atoms with Crippen LogP contribution in [0.15, 0.2) is 30.3 Å². The maximum absolute atomic E-state index is 12.4. The average Bonchev–Trinajstić information content (AvgIpc) is 4.17. The van der Waals surface area contributed by atoms with Gasteiger partial charge in [0.15, 0.2) is 29.1 Å². The number of carbonyl (C=O) groups excluding carboxylic acids is 2. The lowest BCUT2D eigenvalue weighted by molar-refractivity contribution is 0.0500. The molecule has 6 aromatic heterocycles. The van der Waals surface area contributed by atoms with Crippen molar-refractivity contribution >= 4 is 174 Å². The molecule has 7 aromatic rings. The third-order valence-corrected chi connectivity index (χ3v) is 15.4. The Morgan fingerprint density at radius 1 is 0.533 bits per heavy atom. The lowest BCUT2D eigenvalue weighted by Crippen LogP contribution is -2.28. The fourth-order valence-corrected chi connectivity index (χ4v) is 8.40. The predicted octanol–water partition coefficient (Wildman–Crippen LogP) is 11.9. The number of nitrogens with zero attached hydrogens (tertiary/aromatic N) is 8. The van der Waals surface area contributed by atoms with Crippen molar-refractivity contribution in [1.29, 1.82) is 0 Å². The summed E-state index contributed by atoms with van der Waals surface area (Å²) in [5, 5.41) is 57.7. The number of carbonyl (C=O) groups is 2. The van der Waals surface area contributed by atoms with E-state index in [1.807, 2.05) is 113 Å². The number of H-pyrrole nitrogens is 4. The van der Waals surface area contributed by atoms with Crippen LogP contribution in [0.1, 0.15) is 75.7 Å². The lowest BCUT2D eigenvalue weighted by Gasteiger charge is -2.19. The standard InChI is InChI=1S/C20H30I2N6O4.C16H19ClN6.C10H14I2N6.2ClH/c1-11-13(21)15(25-27(11)17(29)31-19(3,4)5)23-9-10-24-16-14(22)12(2)28(26-16)18(30)32-20(6,7)8;1-10-9-14(22-20-10)18-7-8-19-16-15(11(2)21-23-16)12-3-5-13(17)6-4-12;1-5-7(11)9(17-15-5)13-3-4-14-10-8(12)6(2)16-18-10;;/h9-10H2,1-8H3,(H,23,25)(H,24,26);3-6,9H,7-8H2,1-2H3,(H2,18,20,22)(H2,19,21,23);3-4H2,1-2H3,(H2,13,15,17)(H2,14,16,18);2*1H. The van der Waals surface area contributed by atoms with Gasteiger partial charge in [0.05, 0.1) is 25.7 Å². The number of rotatable bonds is 16. The van der Waals surface area contributed by atoms with Crippen LogP contribution in [0.4, 0.5) is 44.5 Å². The van der Waals surface area contributed by atoms with Gasteiger partial charge in [-0.2, -0.15) is 29.8 Å². The molecule has 0 aliphatic heterocycles. The van der Waals surface area contributed by atoms with Gasteiger partial charge in [0.25, 0.3) is 0 Å². The third kappa shape index (κ3) is 19.5. The first kappa shape index (κ1) is 65.3. The number of hydrogen-bond acceptors (Lipinski definition) is 16. The zero-order valence-electron chi connectivity index (χ0n) is 43.5. The summed E-state index contributed by atoms with van der Waals surface area (Å²) in [6, 6.07) is 9.73. The summed E-state index contributed by atoms with van der Waals surface area (Å²) in [4.78, 5) is 24.7. The molecule has 7 rings (SSSR count). The van der Waals surface area contributed by atoms with Crippen molar-refractivity contribution in [3.63, 3.8) is 0 Å². The number of anilines is 6. The van der Waals surface area contributed by atoms with E-state index in [4.69, 9.17) is 21.1 Å². The van der Waals surface area contributed by atoms with E-state index in [0.29, 0.717) is 36.1 Å². The quantitative estimate of drug-likeness (QED) is 0.0318. The molecule has 0 aliphatic carbocycles. The second-order valence-corrected chi connectivity index (χ2v) is 23.1. The summed E-state index contributed by atoms with van der Waals surface area (Å²) in [6.07, 6.45) is -1.03. The third-order valence-electron chi connectivity index (χ3n) is 9.89. The molecule has 0 atom stereocenters. The summed E-state index contributed by atoms with van der Waals surface area (Å²) >= 11 is 14.8. The number of ether oxygens (including phenoxy) is 2. The van der Waals surface area contributed by atoms with Crippen LogP contribution in [0.3, 0.4) is 0 Å². The Kier molecular flexibility index (Phi) is 25.8. The Morgan fingerprint density at radius 2 is 0.907 bits per heavy atom. The van der Waals surface area contributed by atoms with E-state index in [-0.39, 0.29) is 24.8 Å². The van der Waals surface area contributed by atoms with Crippen LogP contribution in [-0.4, -0.2) is 123 Å². The van der Waals surface area contributed by atoms with E-state index in [1.54, 1.807) is 0 Å². The second kappa shape index (κ2) is 29.7. The van der Waals surface area contributed by atoms with Crippen LogP contribution >= 0.6 is 127 Å². The van der Waals surface area contributed by atoms with Gasteiger partial charge >= 0.3 is 12.2 Å². The first-order valence-corrected chi connectivity index (χ1v) is 27.7. The molecule has 0 aliphatic rings. The van der Waals surface area contributed by atoms with Crippen LogP contribution in [0, 0.1) is 55.8 Å². The molecule has 0 unspecified atom stereocenters. The van der Waals surface area contributed by atoms with Crippen LogP contribution in [-0.2, 0) is 9.47 Å². The molecule has 6 heterocycles. The summed E-state index contributed by atoms with van der Waals surface area (Å²) in [5.41, 5.74) is 6.59. The highest BCUT2D eigenvalue weighted by molar-refractivity contribution is 14.1. The van der Waals surface area contributed by atoms with Gasteiger partial charge in [-0.3, -0.25) is 20.4 Å². The molecule has 22 nitrogen and oxygen atoms in total. The normalized spacial score (nSPS) is 10.9. The van der Waals surface area contributed by atoms with E-state index in [0.717, 1.165) is 103 Å². The van der Waals surface area contributed by atoms with E-state index < -0.39 is 23.4 Å². The SMILES string of the molecule is Cc1[nH]nc(NCCNc2n[nH]c(C)c2I)c1I.Cc1c(I)c(NCCNc2nn(C(=O)OC(C)(C)C)c(C)c2I)nn1C(=O)OC(C)(C)C.Cc1cc(NCCNc2n[nH]c(C)c2-c2ccc(Cl)cc2)n[nH]1.Cl.Cl. The Morgan fingerprint density at radius 3 is 1.28 bits per heavy atom. The molecule has 0 saturated heterocycles. The second-order valence-electron chi connectivity index (χ2n) is 18.4. The average molecular weight is 1550 g/mol. The molecule has 75 heavy (non-hydrogen) atoms. The molecule has 0 fully saturated rings. The Hall–Kier alpha value is -3.99. The van der Waals surface area contributed by atoms with Gasteiger partial charge in [0.2, 0.25) is 0 Å². The number of nitrogens with one attached hydrogen (secondary N) is 10. The largest absolute Gasteiger partial charge is 0.442 e. The van der Waals surface area contributed by atoms with E-state index in [9.17, 15) is 9.59 Å². The van der Waals surface area contributed by atoms with Gasteiger partial charge in [0.1, 0.15) is 17.0 Å². The van der Waals surface area contributed by atoms with Crippen LogP contribution < -0.4 is 31.9 Å². The number of aromatic amines is 4. The number of hydrogen-bond donors (Lipinski definition) is 10. The summed E-state index contributed by atoms with van der Waals surface area (Å²) < 4.78 is 17.3. The molecule has 1 aromatic carbocycles. The van der Waals surface area contributed by atoms with E-state index in [1.165, 1.54) is 9.36 Å². The highest BCUT2D eigenvalue weighted by atomic mass is 127. The molecule has 29 heteroatoms. The van der Waals surface area contributed by atoms with E-state index >= 15 is 0 Å². The van der Waals surface area contributed by atoms with Gasteiger partial charge in [0, 0.05) is 78.7 Å². The Labute approximate surface area is 508 Å². The zero-order chi connectivity index (χ0) is 53.8. The molecular formula is C46H65Cl3I4N18O4. The fraction of sp³-hybridized carbons (Fsp3) is 0.435. The first-order chi connectivity index (χ1) is 34.3. The summed E-state index contributed by atoms with van der Waals surface area (Å²) in [7, 11) is 0. The van der Waals surface area contributed by atoms with E-state index in [2.05, 4.69) is 173 Å². The van der Waals surface area contributed by atoms with Gasteiger partial charge in [-0.15, -0.1) is 35.0 Å². The lowest BCUT2D eigenvalue weighted by atomic mass is 10.1. The predicted molar refractivity (Wildman–Crippen MR) is 337 cm³/mol. The van der Waals surface area contributed by atoms with Gasteiger partial charge in [-0.05, 0) is 191 Å². The minimum atomic E-state index is -0.601. The van der Waals surface area contributed by atoms with Crippen LogP contribution in [0.2, 0.25) is 5.02 Å². The number of aryl methyl sites for hydroxylation is 4. The maximum Gasteiger partial charge on any atom is 0.435 e. The molecule has 0 spiro atoms. The molecule has 0 radical (unpaired) electrons. The van der Waals surface area contributed by atoms with Crippen molar-refractivity contribution in [2.24, 2.45) is 0 Å². The number of halogens is 7. The smallest absolute Gasteiger partial charge is 0.435 e. The zero-order valence-corrected chi connectivity index (χ0v) is 54.6. The monoisotopic (exact) mass is 1550 g/mol. The minimum absolute atomic E-state index is 0. The van der Waals surface area contributed by atoms with Crippen molar-refractivity contribution in [3.8, 4) is 11.1 Å². The first-order valence-electron chi connectivity index (χ1n) is 23.0. The highest BCUT2D eigenvalue weighted by Crippen LogP contribution is 2.30. The van der Waals surface area contributed by atoms with Crippen LogP contribution in [0.5, 0.6) is 0 Å². The minimum Gasteiger partial charge on any atom is -0.442 e. The van der Waals surface area contributed by atoms with Crippen molar-refractivity contribution < 1.29 is 19.1 Å². The van der Waals surface area contributed by atoms with Crippen molar-refractivity contribution in [3.05, 3.63) is 83.8 Å². The topological polar surface area (TPSA) is 275 Å². The van der Waals surface area contributed by atoms with Crippen molar-refractivity contribution in [2.75, 3.05) is 71.2 Å². The Bertz CT molecular complexity index is 2810. The highest BCUT2D eigenvalue weighted by Gasteiger charge is 2.25. The summed E-state index contributed by atoms with van der Waals surface area (Å²) in [6.45, 7) is 26.6. The molecule has 412 valence electrons. The fourth-order valence-electron chi connectivity index (χ4n) is 6.35. The van der Waals surface area contributed by atoms with Gasteiger partial charge in [-0.25, -0.2) is 9.59 Å². The van der Waals surface area contributed by atoms with Crippen LogP contribution in [0.25, 0.3) is 11.1 Å². The van der Waals surface area contributed by atoms with Gasteiger partial charge < -0.3 is 41.4 Å². The molecule has 0 saturated carbocycles. The maximum atomic E-state index is 12.4. The molecule has 0 bridgehead atoms. The number of benzene rings is 1. The molecule has 0 amide bonds.